The quantitative estimate of drug-likeness (QED) is 0.468. The average Bonchev–Trinajstić information content (AvgIpc) is 2.76. The van der Waals surface area contributed by atoms with Gasteiger partial charge in [-0.1, -0.05) is 43.3 Å². The van der Waals surface area contributed by atoms with Crippen molar-refractivity contribution in [1.29, 1.82) is 0 Å². The SMILES string of the molecule is CCC(Oc1cccc(C)c1)C(=O)Nc1cccc(OCCOc2ccccc2)c1. The minimum Gasteiger partial charge on any atom is -0.490 e. The lowest BCUT2D eigenvalue weighted by Gasteiger charge is -2.18. The Morgan fingerprint density at radius 3 is 2.23 bits per heavy atom. The lowest BCUT2D eigenvalue weighted by Crippen LogP contribution is -2.32. The van der Waals surface area contributed by atoms with Crippen LogP contribution < -0.4 is 19.5 Å². The highest BCUT2D eigenvalue weighted by atomic mass is 16.5. The molecule has 0 aliphatic carbocycles. The van der Waals surface area contributed by atoms with Crippen molar-refractivity contribution in [3.8, 4) is 17.2 Å². The van der Waals surface area contributed by atoms with Gasteiger partial charge in [-0.2, -0.15) is 0 Å². The van der Waals surface area contributed by atoms with Crippen molar-refractivity contribution in [2.75, 3.05) is 18.5 Å². The third kappa shape index (κ3) is 6.55. The van der Waals surface area contributed by atoms with Crippen molar-refractivity contribution < 1.29 is 19.0 Å². The van der Waals surface area contributed by atoms with Gasteiger partial charge in [0.15, 0.2) is 6.10 Å². The number of hydrogen-bond donors (Lipinski definition) is 1. The van der Waals surface area contributed by atoms with Gasteiger partial charge in [-0.05, 0) is 55.3 Å². The van der Waals surface area contributed by atoms with E-state index in [1.54, 1.807) is 6.07 Å². The van der Waals surface area contributed by atoms with Crippen molar-refractivity contribution >= 4 is 11.6 Å². The molecule has 0 aliphatic heterocycles. The zero-order valence-corrected chi connectivity index (χ0v) is 17.3. The Labute approximate surface area is 177 Å². The summed E-state index contributed by atoms with van der Waals surface area (Å²) in [5, 5.41) is 2.91. The summed E-state index contributed by atoms with van der Waals surface area (Å²) in [6.07, 6.45) is -0.0112. The first-order chi connectivity index (χ1) is 14.6. The fourth-order valence-electron chi connectivity index (χ4n) is 2.90. The number of anilines is 1. The van der Waals surface area contributed by atoms with Crippen LogP contribution in [0.15, 0.2) is 78.9 Å². The summed E-state index contributed by atoms with van der Waals surface area (Å²) in [4.78, 5) is 12.7. The largest absolute Gasteiger partial charge is 0.490 e. The molecule has 0 aromatic heterocycles. The molecule has 30 heavy (non-hydrogen) atoms. The van der Waals surface area contributed by atoms with Gasteiger partial charge in [-0.15, -0.1) is 0 Å². The monoisotopic (exact) mass is 405 g/mol. The highest BCUT2D eigenvalue weighted by Crippen LogP contribution is 2.20. The highest BCUT2D eigenvalue weighted by molar-refractivity contribution is 5.94. The normalized spacial score (nSPS) is 11.4. The van der Waals surface area contributed by atoms with E-state index >= 15 is 0 Å². The first-order valence-corrected chi connectivity index (χ1v) is 10.1. The number of hydrogen-bond acceptors (Lipinski definition) is 4. The van der Waals surface area contributed by atoms with Gasteiger partial charge in [0.25, 0.3) is 5.91 Å². The zero-order valence-electron chi connectivity index (χ0n) is 17.3. The van der Waals surface area contributed by atoms with Gasteiger partial charge in [0.2, 0.25) is 0 Å². The third-order valence-corrected chi connectivity index (χ3v) is 4.40. The molecule has 156 valence electrons. The Morgan fingerprint density at radius 1 is 0.833 bits per heavy atom. The molecule has 3 aromatic rings. The third-order valence-electron chi connectivity index (χ3n) is 4.40. The molecule has 1 N–H and O–H groups in total. The number of benzene rings is 3. The summed E-state index contributed by atoms with van der Waals surface area (Å²) in [5.41, 5.74) is 1.75. The second-order valence-corrected chi connectivity index (χ2v) is 6.86. The standard InChI is InChI=1S/C25H27NO4/c1-3-24(30-23-14-7-9-19(2)17-23)25(27)26-20-10-8-13-22(18-20)29-16-15-28-21-11-5-4-6-12-21/h4-14,17-18,24H,3,15-16H2,1-2H3,(H,26,27). The van der Waals surface area contributed by atoms with E-state index in [4.69, 9.17) is 14.2 Å². The number of rotatable bonds is 10. The maximum absolute atomic E-state index is 12.7. The molecule has 1 atom stereocenters. The molecule has 1 amide bonds. The van der Waals surface area contributed by atoms with E-state index in [-0.39, 0.29) is 5.91 Å². The Bertz CT molecular complexity index is 943. The molecule has 0 bridgehead atoms. The van der Waals surface area contributed by atoms with Gasteiger partial charge in [0.1, 0.15) is 30.5 Å². The van der Waals surface area contributed by atoms with E-state index < -0.39 is 6.10 Å². The molecule has 5 nitrogen and oxygen atoms in total. The topological polar surface area (TPSA) is 56.8 Å². The van der Waals surface area contributed by atoms with Crippen LogP contribution in [0.5, 0.6) is 17.2 Å². The van der Waals surface area contributed by atoms with E-state index in [2.05, 4.69) is 5.32 Å². The molecular formula is C25H27NO4. The van der Waals surface area contributed by atoms with E-state index in [1.807, 2.05) is 86.6 Å². The van der Waals surface area contributed by atoms with Gasteiger partial charge in [-0.3, -0.25) is 4.79 Å². The lowest BCUT2D eigenvalue weighted by molar-refractivity contribution is -0.122. The summed E-state index contributed by atoms with van der Waals surface area (Å²) in [7, 11) is 0. The second kappa shape index (κ2) is 10.9. The molecule has 0 heterocycles. The van der Waals surface area contributed by atoms with Crippen LogP contribution in [0, 0.1) is 6.92 Å². The number of carbonyl (C=O) groups excluding carboxylic acids is 1. The minimum atomic E-state index is -0.573. The van der Waals surface area contributed by atoms with E-state index in [1.165, 1.54) is 0 Å². The van der Waals surface area contributed by atoms with Crippen LogP contribution in [0.4, 0.5) is 5.69 Å². The van der Waals surface area contributed by atoms with Gasteiger partial charge < -0.3 is 19.5 Å². The van der Waals surface area contributed by atoms with Crippen LogP contribution in [-0.4, -0.2) is 25.2 Å². The lowest BCUT2D eigenvalue weighted by atomic mass is 10.2. The van der Waals surface area contributed by atoms with Gasteiger partial charge in [-0.25, -0.2) is 0 Å². The van der Waals surface area contributed by atoms with Crippen LogP contribution in [-0.2, 0) is 4.79 Å². The smallest absolute Gasteiger partial charge is 0.265 e. The Morgan fingerprint density at radius 2 is 1.50 bits per heavy atom. The fraction of sp³-hybridized carbons (Fsp3) is 0.240. The number of ether oxygens (including phenoxy) is 3. The Balaban J connectivity index is 1.51. The molecule has 0 saturated carbocycles. The molecule has 5 heteroatoms. The van der Waals surface area contributed by atoms with Gasteiger partial charge in [0.05, 0.1) is 0 Å². The first kappa shape index (κ1) is 21.2. The van der Waals surface area contributed by atoms with Crippen LogP contribution in [0.25, 0.3) is 0 Å². The molecule has 1 unspecified atom stereocenters. The number of para-hydroxylation sites is 1. The molecule has 0 fully saturated rings. The fourth-order valence-corrected chi connectivity index (χ4v) is 2.90. The van der Waals surface area contributed by atoms with Crippen LogP contribution in [0.1, 0.15) is 18.9 Å². The predicted octanol–water partition coefficient (Wildman–Crippen LogP) is 5.25. The second-order valence-electron chi connectivity index (χ2n) is 6.86. The van der Waals surface area contributed by atoms with Gasteiger partial charge >= 0.3 is 0 Å². The molecule has 0 aliphatic rings. The number of amides is 1. The minimum absolute atomic E-state index is 0.191. The highest BCUT2D eigenvalue weighted by Gasteiger charge is 2.18. The Hall–Kier alpha value is -3.47. The average molecular weight is 405 g/mol. The Kier molecular flexibility index (Phi) is 7.72. The van der Waals surface area contributed by atoms with Crippen LogP contribution in [0.2, 0.25) is 0 Å². The van der Waals surface area contributed by atoms with Crippen molar-refractivity contribution in [1.82, 2.24) is 0 Å². The van der Waals surface area contributed by atoms with Gasteiger partial charge in [0, 0.05) is 11.8 Å². The van der Waals surface area contributed by atoms with E-state index in [0.717, 1.165) is 11.3 Å². The van der Waals surface area contributed by atoms with Crippen molar-refractivity contribution in [3.05, 3.63) is 84.4 Å². The molecule has 3 rings (SSSR count). The number of carbonyl (C=O) groups is 1. The summed E-state index contributed by atoms with van der Waals surface area (Å²) in [5.74, 6) is 1.97. The summed E-state index contributed by atoms with van der Waals surface area (Å²) < 4.78 is 17.2. The van der Waals surface area contributed by atoms with Crippen molar-refractivity contribution in [2.45, 2.75) is 26.4 Å². The predicted molar refractivity (Wildman–Crippen MR) is 118 cm³/mol. The number of nitrogens with one attached hydrogen (secondary N) is 1. The van der Waals surface area contributed by atoms with Crippen molar-refractivity contribution in [3.63, 3.8) is 0 Å². The first-order valence-electron chi connectivity index (χ1n) is 10.1. The molecular weight excluding hydrogens is 378 g/mol. The maximum Gasteiger partial charge on any atom is 0.265 e. The molecule has 0 radical (unpaired) electrons. The van der Waals surface area contributed by atoms with Crippen molar-refractivity contribution in [2.24, 2.45) is 0 Å². The zero-order chi connectivity index (χ0) is 21.2. The molecule has 0 saturated heterocycles. The van der Waals surface area contributed by atoms with Crippen LogP contribution >= 0.6 is 0 Å². The maximum atomic E-state index is 12.7. The van der Waals surface area contributed by atoms with E-state index in [0.29, 0.717) is 36.8 Å². The summed E-state index contributed by atoms with van der Waals surface area (Å²) in [6, 6.07) is 24.6. The molecule has 0 spiro atoms. The molecule has 3 aromatic carbocycles. The van der Waals surface area contributed by atoms with Crippen LogP contribution in [0.3, 0.4) is 0 Å². The van der Waals surface area contributed by atoms with E-state index in [9.17, 15) is 4.79 Å². The summed E-state index contributed by atoms with van der Waals surface area (Å²) in [6.45, 7) is 4.75. The summed E-state index contributed by atoms with van der Waals surface area (Å²) >= 11 is 0. The number of aryl methyl sites for hydroxylation is 1.